The van der Waals surface area contributed by atoms with Crippen molar-refractivity contribution in [2.45, 2.75) is 12.7 Å². The molecule has 8 heteroatoms. The maximum absolute atomic E-state index is 12.3. The maximum Gasteiger partial charge on any atom is 0.471 e. The van der Waals surface area contributed by atoms with Crippen molar-refractivity contribution in [3.05, 3.63) is 35.4 Å². The Balaban J connectivity index is 1.96. The summed E-state index contributed by atoms with van der Waals surface area (Å²) in [5.41, 5.74) is 0.780. The molecule has 120 valence electrons. The topological polar surface area (TPSA) is 60.9 Å². The number of piperazine rings is 1. The van der Waals surface area contributed by atoms with E-state index in [-0.39, 0.29) is 31.7 Å². The summed E-state index contributed by atoms with van der Waals surface area (Å²) in [6.07, 6.45) is -4.85. The molecule has 2 rings (SSSR count). The number of alkyl halides is 3. The summed E-state index contributed by atoms with van der Waals surface area (Å²) in [5.74, 6) is -2.86. The average molecular weight is 316 g/mol. The molecule has 1 heterocycles. The number of carbonyl (C=O) groups is 2. The third-order valence-corrected chi connectivity index (χ3v) is 3.54. The van der Waals surface area contributed by atoms with Crippen molar-refractivity contribution in [3.8, 4) is 0 Å². The van der Waals surface area contributed by atoms with Crippen molar-refractivity contribution >= 4 is 11.9 Å². The van der Waals surface area contributed by atoms with Crippen LogP contribution in [0.5, 0.6) is 0 Å². The second kappa shape index (κ2) is 6.35. The Bertz CT molecular complexity index is 567. The number of nitrogens with zero attached hydrogens (tertiary/aromatic N) is 2. The lowest BCUT2D eigenvalue weighted by Crippen LogP contribution is -2.52. The van der Waals surface area contributed by atoms with Crippen molar-refractivity contribution in [1.29, 1.82) is 0 Å². The monoisotopic (exact) mass is 316 g/mol. The number of aromatic carboxylic acids is 1. The molecular formula is C14H15F3N2O3. The average Bonchev–Trinajstić information content (AvgIpc) is 2.46. The number of carboxylic acid groups (broad SMARTS) is 1. The zero-order chi connectivity index (χ0) is 16.3. The van der Waals surface area contributed by atoms with Crippen molar-refractivity contribution in [2.75, 3.05) is 26.2 Å². The molecular weight excluding hydrogens is 301 g/mol. The third-order valence-electron chi connectivity index (χ3n) is 3.54. The van der Waals surface area contributed by atoms with Crippen LogP contribution in [-0.4, -0.2) is 59.1 Å². The van der Waals surface area contributed by atoms with Gasteiger partial charge >= 0.3 is 18.1 Å². The minimum absolute atomic E-state index is 0.0203. The highest BCUT2D eigenvalue weighted by Crippen LogP contribution is 2.20. The summed E-state index contributed by atoms with van der Waals surface area (Å²) < 4.78 is 37.0. The Hall–Kier alpha value is -2.09. The molecule has 0 aromatic heterocycles. The number of hydrogen-bond acceptors (Lipinski definition) is 3. The molecule has 1 aromatic rings. The molecule has 0 saturated carbocycles. The number of hydrogen-bond donors (Lipinski definition) is 1. The number of benzene rings is 1. The minimum atomic E-state index is -4.85. The summed E-state index contributed by atoms with van der Waals surface area (Å²) >= 11 is 0. The lowest BCUT2D eigenvalue weighted by Gasteiger charge is -2.35. The van der Waals surface area contributed by atoms with Crippen LogP contribution in [0.15, 0.2) is 24.3 Å². The van der Waals surface area contributed by atoms with Gasteiger partial charge in [-0.15, -0.1) is 0 Å². The molecule has 0 bridgehead atoms. The molecule has 22 heavy (non-hydrogen) atoms. The van der Waals surface area contributed by atoms with E-state index in [1.54, 1.807) is 18.2 Å². The fourth-order valence-electron chi connectivity index (χ4n) is 2.40. The van der Waals surface area contributed by atoms with E-state index < -0.39 is 18.1 Å². The third kappa shape index (κ3) is 3.76. The summed E-state index contributed by atoms with van der Waals surface area (Å²) in [6, 6.07) is 6.50. The number of carbonyl (C=O) groups excluding carboxylic acids is 1. The number of halogens is 3. The van der Waals surface area contributed by atoms with E-state index in [9.17, 15) is 22.8 Å². The Labute approximate surface area is 124 Å². The zero-order valence-electron chi connectivity index (χ0n) is 11.6. The van der Waals surface area contributed by atoms with E-state index in [2.05, 4.69) is 0 Å². The van der Waals surface area contributed by atoms with Crippen molar-refractivity contribution in [1.82, 2.24) is 9.80 Å². The number of rotatable bonds is 3. The molecule has 0 spiro atoms. The number of carboxylic acids is 1. The van der Waals surface area contributed by atoms with Gasteiger partial charge in [0.25, 0.3) is 0 Å². The quantitative estimate of drug-likeness (QED) is 0.920. The molecule has 1 aliphatic rings. The second-order valence-electron chi connectivity index (χ2n) is 5.03. The predicted molar refractivity (Wildman–Crippen MR) is 71.3 cm³/mol. The largest absolute Gasteiger partial charge is 0.478 e. The lowest BCUT2D eigenvalue weighted by molar-refractivity contribution is -0.187. The first kappa shape index (κ1) is 16.3. The number of amides is 1. The van der Waals surface area contributed by atoms with Gasteiger partial charge in [0.05, 0.1) is 5.56 Å². The molecule has 1 aliphatic heterocycles. The fourth-order valence-corrected chi connectivity index (χ4v) is 2.40. The predicted octanol–water partition coefficient (Wildman–Crippen LogP) is 1.59. The van der Waals surface area contributed by atoms with E-state index in [1.807, 2.05) is 4.90 Å². The molecule has 1 saturated heterocycles. The molecule has 1 aromatic carbocycles. The van der Waals surface area contributed by atoms with E-state index in [0.29, 0.717) is 12.1 Å². The standard InChI is InChI=1S/C14H15F3N2O3/c15-14(16,17)13(22)19-7-5-18(6-8-19)9-10-3-1-2-4-11(10)12(20)21/h1-4H,5-9H2,(H,20,21). The highest BCUT2D eigenvalue weighted by molar-refractivity contribution is 5.89. The van der Waals surface area contributed by atoms with Gasteiger partial charge in [0.2, 0.25) is 0 Å². The van der Waals surface area contributed by atoms with Crippen LogP contribution in [0.2, 0.25) is 0 Å². The van der Waals surface area contributed by atoms with Crippen LogP contribution in [-0.2, 0) is 11.3 Å². The first-order valence-corrected chi connectivity index (χ1v) is 6.68. The van der Waals surface area contributed by atoms with Gasteiger partial charge in [0.15, 0.2) is 0 Å². The molecule has 5 nitrogen and oxygen atoms in total. The smallest absolute Gasteiger partial charge is 0.471 e. The molecule has 0 unspecified atom stereocenters. The van der Waals surface area contributed by atoms with E-state index in [4.69, 9.17) is 5.11 Å². The van der Waals surface area contributed by atoms with Gasteiger partial charge < -0.3 is 10.0 Å². The van der Waals surface area contributed by atoms with Crippen LogP contribution in [0.3, 0.4) is 0 Å². The van der Waals surface area contributed by atoms with Crippen LogP contribution in [0, 0.1) is 0 Å². The first-order chi connectivity index (χ1) is 10.3. The first-order valence-electron chi connectivity index (χ1n) is 6.68. The van der Waals surface area contributed by atoms with E-state index in [0.717, 1.165) is 4.90 Å². The van der Waals surface area contributed by atoms with Crippen LogP contribution < -0.4 is 0 Å². The molecule has 0 radical (unpaired) electrons. The van der Waals surface area contributed by atoms with Gasteiger partial charge in [0.1, 0.15) is 0 Å². The Morgan fingerprint density at radius 2 is 1.68 bits per heavy atom. The minimum Gasteiger partial charge on any atom is -0.478 e. The van der Waals surface area contributed by atoms with Crippen LogP contribution in [0.25, 0.3) is 0 Å². The van der Waals surface area contributed by atoms with Crippen LogP contribution in [0.4, 0.5) is 13.2 Å². The van der Waals surface area contributed by atoms with Crippen molar-refractivity contribution in [2.24, 2.45) is 0 Å². The van der Waals surface area contributed by atoms with E-state index >= 15 is 0 Å². The molecule has 1 fully saturated rings. The van der Waals surface area contributed by atoms with Gasteiger partial charge in [0, 0.05) is 32.7 Å². The highest BCUT2D eigenvalue weighted by atomic mass is 19.4. The lowest BCUT2D eigenvalue weighted by atomic mass is 10.1. The summed E-state index contributed by atoms with van der Waals surface area (Å²) in [6.45, 7) is 0.837. The molecule has 0 aliphatic carbocycles. The molecule has 0 atom stereocenters. The van der Waals surface area contributed by atoms with Crippen molar-refractivity contribution < 1.29 is 27.9 Å². The Kier molecular flexibility index (Phi) is 4.70. The molecule has 1 N–H and O–H groups in total. The fraction of sp³-hybridized carbons (Fsp3) is 0.429. The maximum atomic E-state index is 12.3. The summed E-state index contributed by atoms with van der Waals surface area (Å²) in [5, 5.41) is 9.10. The normalized spacial score (nSPS) is 16.6. The summed E-state index contributed by atoms with van der Waals surface area (Å²) in [7, 11) is 0. The Morgan fingerprint density at radius 1 is 1.09 bits per heavy atom. The van der Waals surface area contributed by atoms with Crippen molar-refractivity contribution in [3.63, 3.8) is 0 Å². The van der Waals surface area contributed by atoms with Gasteiger partial charge in [-0.1, -0.05) is 18.2 Å². The highest BCUT2D eigenvalue weighted by Gasteiger charge is 2.43. The van der Waals surface area contributed by atoms with Crippen LogP contribution in [0.1, 0.15) is 15.9 Å². The van der Waals surface area contributed by atoms with Crippen LogP contribution >= 0.6 is 0 Å². The van der Waals surface area contributed by atoms with Gasteiger partial charge in [-0.25, -0.2) is 4.79 Å². The molecule has 1 amide bonds. The second-order valence-corrected chi connectivity index (χ2v) is 5.03. The van der Waals surface area contributed by atoms with Gasteiger partial charge in [-0.05, 0) is 11.6 Å². The van der Waals surface area contributed by atoms with Gasteiger partial charge in [-0.2, -0.15) is 13.2 Å². The SMILES string of the molecule is O=C(O)c1ccccc1CN1CCN(C(=O)C(F)(F)F)CC1. The Morgan fingerprint density at radius 3 is 2.23 bits per heavy atom. The van der Waals surface area contributed by atoms with E-state index in [1.165, 1.54) is 6.07 Å². The zero-order valence-corrected chi connectivity index (χ0v) is 11.6. The summed E-state index contributed by atoms with van der Waals surface area (Å²) in [4.78, 5) is 24.9. The van der Waals surface area contributed by atoms with Gasteiger partial charge in [-0.3, -0.25) is 9.69 Å².